The summed E-state index contributed by atoms with van der Waals surface area (Å²) >= 11 is 0. The molecular weight excluding hydrogens is 519 g/mol. The first kappa shape index (κ1) is 28.8. The summed E-state index contributed by atoms with van der Waals surface area (Å²) in [6.45, 7) is 14.6. The molecule has 40 heavy (non-hydrogen) atoms. The lowest BCUT2D eigenvalue weighted by Crippen LogP contribution is -2.42. The summed E-state index contributed by atoms with van der Waals surface area (Å²) in [5.74, 6) is 2.58. The molecule has 2 aromatic carbocycles. The van der Waals surface area contributed by atoms with Crippen LogP contribution in [-0.2, 0) is 10.1 Å². The molecule has 5 rings (SSSR count). The number of methoxy groups -OCH3 is 1. The standard InChI is InChI=1S/C32H45FN4O2Si/c1-31(2,3)40(6,7)39-21-20-36(4)24-12-13-27-26(22-24)29(35-30(34-27)32(33)16-17-32)37-18-14-23(15-19-37)25-10-8-9-11-28(25)38-5/h8-13,22-23H,14-21H2,1-7H3. The van der Waals surface area contributed by atoms with Gasteiger partial charge in [0.05, 0.1) is 19.2 Å². The van der Waals surface area contributed by atoms with E-state index in [1.165, 1.54) is 5.56 Å². The second-order valence-corrected chi connectivity index (χ2v) is 17.9. The molecule has 1 saturated heterocycles. The van der Waals surface area contributed by atoms with Crippen molar-refractivity contribution >= 4 is 30.7 Å². The molecule has 2 aliphatic rings. The maximum Gasteiger partial charge on any atom is 0.192 e. The third kappa shape index (κ3) is 5.84. The van der Waals surface area contributed by atoms with Crippen LogP contribution in [0.1, 0.15) is 63.8 Å². The van der Waals surface area contributed by atoms with Gasteiger partial charge < -0.3 is 19.0 Å². The molecular formula is C32H45FN4O2Si. The Morgan fingerprint density at radius 2 is 1.77 bits per heavy atom. The van der Waals surface area contributed by atoms with Gasteiger partial charge in [-0.1, -0.05) is 39.0 Å². The molecule has 0 amide bonds. The number of halogens is 1. The van der Waals surface area contributed by atoms with Crippen molar-refractivity contribution in [3.8, 4) is 5.75 Å². The molecule has 0 unspecified atom stereocenters. The van der Waals surface area contributed by atoms with E-state index in [-0.39, 0.29) is 5.04 Å². The first-order valence-corrected chi connectivity index (χ1v) is 17.6. The van der Waals surface area contributed by atoms with Gasteiger partial charge >= 0.3 is 0 Å². The van der Waals surface area contributed by atoms with E-state index < -0.39 is 14.0 Å². The molecule has 1 saturated carbocycles. The summed E-state index contributed by atoms with van der Waals surface area (Å²) in [7, 11) is 2.04. The Kier molecular flexibility index (Phi) is 7.87. The molecule has 1 aromatic heterocycles. The van der Waals surface area contributed by atoms with Gasteiger partial charge in [-0.3, -0.25) is 0 Å². The van der Waals surface area contributed by atoms with E-state index in [1.54, 1.807) is 7.11 Å². The first-order valence-electron chi connectivity index (χ1n) is 14.7. The van der Waals surface area contributed by atoms with Crippen molar-refractivity contribution < 1.29 is 13.6 Å². The largest absolute Gasteiger partial charge is 0.496 e. The maximum absolute atomic E-state index is 15.2. The van der Waals surface area contributed by atoms with Crippen LogP contribution in [0.5, 0.6) is 5.75 Å². The van der Waals surface area contributed by atoms with Crippen molar-refractivity contribution in [2.45, 2.75) is 76.2 Å². The Balaban J connectivity index is 1.38. The molecule has 0 bridgehead atoms. The van der Waals surface area contributed by atoms with Crippen molar-refractivity contribution in [3.05, 3.63) is 53.9 Å². The normalized spacial score (nSPS) is 17.8. The second-order valence-electron chi connectivity index (χ2n) is 13.1. The van der Waals surface area contributed by atoms with Crippen LogP contribution in [0.3, 0.4) is 0 Å². The number of piperidine rings is 1. The monoisotopic (exact) mass is 564 g/mol. The summed E-state index contributed by atoms with van der Waals surface area (Å²) in [5.41, 5.74) is 1.79. The van der Waals surface area contributed by atoms with Crippen molar-refractivity contribution in [1.29, 1.82) is 0 Å². The molecule has 6 nitrogen and oxygen atoms in total. The summed E-state index contributed by atoms with van der Waals surface area (Å²) < 4.78 is 27.3. The highest BCUT2D eigenvalue weighted by Crippen LogP contribution is 2.49. The van der Waals surface area contributed by atoms with E-state index in [0.29, 0.717) is 31.2 Å². The van der Waals surface area contributed by atoms with Gasteiger partial charge in [-0.15, -0.1) is 0 Å². The Labute approximate surface area is 240 Å². The molecule has 3 aromatic rings. The van der Waals surface area contributed by atoms with E-state index in [4.69, 9.17) is 19.1 Å². The molecule has 0 spiro atoms. The van der Waals surface area contributed by atoms with Gasteiger partial charge in [-0.2, -0.15) is 0 Å². The maximum atomic E-state index is 15.2. The Hall–Kier alpha value is -2.71. The topological polar surface area (TPSA) is 50.7 Å². The summed E-state index contributed by atoms with van der Waals surface area (Å²) in [5, 5.41) is 1.17. The number of nitrogens with zero attached hydrogens (tertiary/aromatic N) is 4. The van der Waals surface area contributed by atoms with Crippen molar-refractivity contribution in [1.82, 2.24) is 9.97 Å². The smallest absolute Gasteiger partial charge is 0.192 e. The first-order chi connectivity index (χ1) is 18.9. The predicted octanol–water partition coefficient (Wildman–Crippen LogP) is 7.44. The van der Waals surface area contributed by atoms with Crippen LogP contribution in [0.2, 0.25) is 18.1 Å². The molecule has 1 aliphatic carbocycles. The Morgan fingerprint density at radius 3 is 2.42 bits per heavy atom. The van der Waals surface area contributed by atoms with E-state index in [2.05, 4.69) is 75.0 Å². The van der Waals surface area contributed by atoms with E-state index in [1.807, 2.05) is 18.2 Å². The number of likely N-dealkylation sites (N-methyl/N-ethyl adjacent to an activating group) is 1. The zero-order chi connectivity index (χ0) is 28.7. The lowest BCUT2D eigenvalue weighted by molar-refractivity contribution is 0.296. The molecule has 2 heterocycles. The highest BCUT2D eigenvalue weighted by atomic mass is 28.4. The SMILES string of the molecule is COc1ccccc1C1CCN(c2nc(C3(F)CC3)nc3ccc(N(C)CCO[Si](C)(C)C(C)(C)C)cc23)CC1. The summed E-state index contributed by atoms with van der Waals surface area (Å²) in [6, 6.07) is 14.6. The quantitative estimate of drug-likeness (QED) is 0.252. The van der Waals surface area contributed by atoms with Gasteiger partial charge in [0.1, 0.15) is 11.6 Å². The van der Waals surface area contributed by atoms with Crippen LogP contribution in [0.15, 0.2) is 42.5 Å². The zero-order valence-corrected chi connectivity index (χ0v) is 26.3. The highest BCUT2D eigenvalue weighted by Gasteiger charge is 2.48. The van der Waals surface area contributed by atoms with Crippen LogP contribution in [0.25, 0.3) is 10.9 Å². The Morgan fingerprint density at radius 1 is 1.07 bits per heavy atom. The van der Waals surface area contributed by atoms with Crippen LogP contribution in [0, 0.1) is 0 Å². The van der Waals surface area contributed by atoms with Crippen LogP contribution < -0.4 is 14.5 Å². The highest BCUT2D eigenvalue weighted by molar-refractivity contribution is 6.74. The lowest BCUT2D eigenvalue weighted by Gasteiger charge is -2.36. The molecule has 2 fully saturated rings. The molecule has 0 atom stereocenters. The number of rotatable bonds is 9. The van der Waals surface area contributed by atoms with Gasteiger partial charge in [-0.25, -0.2) is 14.4 Å². The summed E-state index contributed by atoms with van der Waals surface area (Å²) in [4.78, 5) is 14.2. The number of alkyl halides is 1. The minimum atomic E-state index is -1.80. The van der Waals surface area contributed by atoms with Crippen LogP contribution in [-0.4, -0.2) is 58.7 Å². The minimum absolute atomic E-state index is 0.187. The second kappa shape index (κ2) is 10.9. The average molecular weight is 565 g/mol. The number of anilines is 2. The number of hydrogen-bond donors (Lipinski definition) is 0. The third-order valence-corrected chi connectivity index (χ3v) is 13.8. The zero-order valence-electron chi connectivity index (χ0n) is 25.3. The number of ether oxygens (including phenoxy) is 1. The van der Waals surface area contributed by atoms with Crippen LogP contribution in [0.4, 0.5) is 15.9 Å². The fourth-order valence-electron chi connectivity index (χ4n) is 5.30. The van der Waals surface area contributed by atoms with Gasteiger partial charge in [-0.05, 0) is 79.6 Å². The fourth-order valence-corrected chi connectivity index (χ4v) is 6.34. The number of benzene rings is 2. The fraction of sp³-hybridized carbons (Fsp3) is 0.562. The van der Waals surface area contributed by atoms with Gasteiger partial charge in [0.15, 0.2) is 19.8 Å². The number of fused-ring (bicyclic) bond motifs is 1. The average Bonchev–Trinajstić information content (AvgIpc) is 3.69. The number of aromatic nitrogens is 2. The third-order valence-electron chi connectivity index (χ3n) is 9.26. The molecule has 0 radical (unpaired) electrons. The predicted molar refractivity (Wildman–Crippen MR) is 165 cm³/mol. The van der Waals surface area contributed by atoms with Crippen LogP contribution >= 0.6 is 0 Å². The van der Waals surface area contributed by atoms with Crippen molar-refractivity contribution in [2.24, 2.45) is 0 Å². The Bertz CT molecular complexity index is 1350. The van der Waals surface area contributed by atoms with E-state index >= 15 is 4.39 Å². The summed E-state index contributed by atoms with van der Waals surface area (Å²) in [6.07, 6.45) is 2.99. The molecule has 0 N–H and O–H groups in total. The number of hydrogen-bond acceptors (Lipinski definition) is 6. The van der Waals surface area contributed by atoms with E-state index in [0.717, 1.165) is 60.6 Å². The van der Waals surface area contributed by atoms with E-state index in [9.17, 15) is 0 Å². The van der Waals surface area contributed by atoms with Gasteiger partial charge in [0, 0.05) is 37.8 Å². The van der Waals surface area contributed by atoms with Gasteiger partial charge in [0.2, 0.25) is 0 Å². The van der Waals surface area contributed by atoms with Gasteiger partial charge in [0.25, 0.3) is 0 Å². The number of para-hydroxylation sites is 1. The van der Waals surface area contributed by atoms with Crippen molar-refractivity contribution in [2.75, 3.05) is 50.2 Å². The molecule has 1 aliphatic heterocycles. The van der Waals surface area contributed by atoms with Crippen molar-refractivity contribution in [3.63, 3.8) is 0 Å². The lowest BCUT2D eigenvalue weighted by atomic mass is 9.88. The molecule has 8 heteroatoms. The molecule has 216 valence electrons. The minimum Gasteiger partial charge on any atom is -0.496 e.